The lowest BCUT2D eigenvalue weighted by Gasteiger charge is -2.11. The van der Waals surface area contributed by atoms with Gasteiger partial charge in [0.2, 0.25) is 5.91 Å². The number of nitrogens with zero attached hydrogens (tertiary/aromatic N) is 2. The van der Waals surface area contributed by atoms with E-state index in [2.05, 4.69) is 10.3 Å². The third-order valence-electron chi connectivity index (χ3n) is 4.10. The van der Waals surface area contributed by atoms with Crippen molar-refractivity contribution in [1.82, 2.24) is 14.9 Å². The Morgan fingerprint density at radius 2 is 1.85 bits per heavy atom. The number of hydrogen-bond acceptors (Lipinski definition) is 4. The van der Waals surface area contributed by atoms with E-state index in [0.29, 0.717) is 30.7 Å². The van der Waals surface area contributed by atoms with Crippen molar-refractivity contribution in [2.45, 2.75) is 26.6 Å². The Bertz CT molecular complexity index is 966. The summed E-state index contributed by atoms with van der Waals surface area (Å²) in [6.07, 6.45) is 1.41. The summed E-state index contributed by atoms with van der Waals surface area (Å²) in [5.74, 6) is -0.240. The topological polar surface area (TPSA) is 73.2 Å². The van der Waals surface area contributed by atoms with E-state index in [1.165, 1.54) is 10.9 Å². The Labute approximate surface area is 151 Å². The number of benzene rings is 2. The minimum absolute atomic E-state index is 0.0652. The Hall–Kier alpha value is -2.99. The zero-order valence-corrected chi connectivity index (χ0v) is 14.6. The van der Waals surface area contributed by atoms with Crippen molar-refractivity contribution < 1.29 is 9.53 Å². The van der Waals surface area contributed by atoms with Gasteiger partial charge in [0.15, 0.2) is 0 Å². The Morgan fingerprint density at radius 1 is 1.12 bits per heavy atom. The van der Waals surface area contributed by atoms with Gasteiger partial charge in [-0.05, 0) is 30.2 Å². The van der Waals surface area contributed by atoms with Crippen LogP contribution in [0.5, 0.6) is 0 Å². The van der Waals surface area contributed by atoms with Gasteiger partial charge in [-0.25, -0.2) is 4.98 Å². The maximum Gasteiger partial charge on any atom is 0.261 e. The van der Waals surface area contributed by atoms with E-state index in [1.54, 1.807) is 18.2 Å². The number of aromatic nitrogens is 2. The van der Waals surface area contributed by atoms with Crippen molar-refractivity contribution in [3.8, 4) is 0 Å². The lowest BCUT2D eigenvalue weighted by atomic mass is 10.1. The molecule has 0 aliphatic rings. The van der Waals surface area contributed by atoms with Crippen LogP contribution >= 0.6 is 0 Å². The van der Waals surface area contributed by atoms with Gasteiger partial charge in [0.1, 0.15) is 6.54 Å². The number of para-hydroxylation sites is 1. The van der Waals surface area contributed by atoms with E-state index in [0.717, 1.165) is 11.1 Å². The molecule has 1 N–H and O–H groups in total. The summed E-state index contributed by atoms with van der Waals surface area (Å²) >= 11 is 0. The molecule has 0 atom stereocenters. The predicted molar refractivity (Wildman–Crippen MR) is 99.6 cm³/mol. The van der Waals surface area contributed by atoms with Crippen LogP contribution in [0.15, 0.2) is 59.7 Å². The third kappa shape index (κ3) is 4.15. The number of carbonyl (C=O) groups is 1. The van der Waals surface area contributed by atoms with E-state index >= 15 is 0 Å². The molecule has 0 bridgehead atoms. The summed E-state index contributed by atoms with van der Waals surface area (Å²) in [6.45, 7) is 3.41. The van der Waals surface area contributed by atoms with E-state index < -0.39 is 0 Å². The van der Waals surface area contributed by atoms with Crippen LogP contribution < -0.4 is 10.9 Å². The van der Waals surface area contributed by atoms with Gasteiger partial charge in [0.25, 0.3) is 5.56 Å². The molecule has 1 aromatic heterocycles. The molecule has 0 saturated heterocycles. The maximum absolute atomic E-state index is 12.4. The zero-order valence-electron chi connectivity index (χ0n) is 14.6. The highest BCUT2D eigenvalue weighted by atomic mass is 16.5. The fourth-order valence-corrected chi connectivity index (χ4v) is 2.71. The molecule has 2 aromatic carbocycles. The maximum atomic E-state index is 12.4. The first-order valence-electron chi connectivity index (χ1n) is 8.54. The molecule has 0 spiro atoms. The van der Waals surface area contributed by atoms with Crippen molar-refractivity contribution in [3.05, 3.63) is 76.3 Å². The fraction of sp³-hybridized carbons (Fsp3) is 0.250. The quantitative estimate of drug-likeness (QED) is 0.709. The molecule has 6 heteroatoms. The van der Waals surface area contributed by atoms with Crippen LogP contribution in [0.1, 0.15) is 18.1 Å². The van der Waals surface area contributed by atoms with Crippen LogP contribution in [0.2, 0.25) is 0 Å². The normalized spacial score (nSPS) is 10.8. The Kier molecular flexibility index (Phi) is 5.76. The van der Waals surface area contributed by atoms with Gasteiger partial charge in [0.05, 0.1) is 23.8 Å². The first-order valence-corrected chi connectivity index (χ1v) is 8.54. The summed E-state index contributed by atoms with van der Waals surface area (Å²) < 4.78 is 6.78. The molecule has 1 amide bonds. The van der Waals surface area contributed by atoms with Crippen LogP contribution in [-0.4, -0.2) is 22.1 Å². The summed E-state index contributed by atoms with van der Waals surface area (Å²) in [6, 6.07) is 14.9. The minimum atomic E-state index is -0.240. The van der Waals surface area contributed by atoms with Gasteiger partial charge in [-0.2, -0.15) is 0 Å². The van der Waals surface area contributed by atoms with Gasteiger partial charge in [-0.1, -0.05) is 36.4 Å². The molecule has 134 valence electrons. The molecule has 3 aromatic rings. The monoisotopic (exact) mass is 351 g/mol. The molecule has 0 aliphatic carbocycles. The van der Waals surface area contributed by atoms with Gasteiger partial charge >= 0.3 is 0 Å². The van der Waals surface area contributed by atoms with Gasteiger partial charge < -0.3 is 10.1 Å². The number of fused-ring (bicyclic) bond motifs is 1. The third-order valence-corrected chi connectivity index (χ3v) is 4.10. The molecule has 0 aliphatic heterocycles. The Balaban J connectivity index is 1.67. The van der Waals surface area contributed by atoms with Crippen molar-refractivity contribution in [3.63, 3.8) is 0 Å². The SMILES string of the molecule is CCOCc1ccccc1CNC(=O)Cn1cnc2ccccc2c1=O. The number of amides is 1. The number of ether oxygens (including phenoxy) is 1. The minimum Gasteiger partial charge on any atom is -0.377 e. The Morgan fingerprint density at radius 3 is 2.65 bits per heavy atom. The lowest BCUT2D eigenvalue weighted by molar-refractivity contribution is -0.121. The summed E-state index contributed by atoms with van der Waals surface area (Å²) in [5.41, 5.74) is 2.44. The molecule has 0 unspecified atom stereocenters. The van der Waals surface area contributed by atoms with Crippen LogP contribution in [-0.2, 0) is 29.2 Å². The lowest BCUT2D eigenvalue weighted by Crippen LogP contribution is -2.32. The molecule has 1 heterocycles. The van der Waals surface area contributed by atoms with Gasteiger partial charge in [0, 0.05) is 13.2 Å². The highest BCUT2D eigenvalue weighted by molar-refractivity contribution is 5.78. The average Bonchev–Trinajstić information content (AvgIpc) is 2.68. The molecular weight excluding hydrogens is 330 g/mol. The van der Waals surface area contributed by atoms with Crippen molar-refractivity contribution in [1.29, 1.82) is 0 Å². The second-order valence-corrected chi connectivity index (χ2v) is 5.88. The summed E-state index contributed by atoms with van der Waals surface area (Å²) in [4.78, 5) is 28.9. The van der Waals surface area contributed by atoms with Crippen molar-refractivity contribution in [2.24, 2.45) is 0 Å². The largest absolute Gasteiger partial charge is 0.377 e. The second-order valence-electron chi connectivity index (χ2n) is 5.88. The van der Waals surface area contributed by atoms with E-state index in [4.69, 9.17) is 4.74 Å². The molecule has 0 saturated carbocycles. The van der Waals surface area contributed by atoms with Crippen LogP contribution in [0.3, 0.4) is 0 Å². The van der Waals surface area contributed by atoms with Crippen molar-refractivity contribution in [2.75, 3.05) is 6.61 Å². The molecule has 0 fully saturated rings. The number of carbonyl (C=O) groups excluding carboxylic acids is 1. The second kappa shape index (κ2) is 8.40. The van der Waals surface area contributed by atoms with E-state index in [-0.39, 0.29) is 18.0 Å². The molecule has 6 nitrogen and oxygen atoms in total. The summed E-state index contributed by atoms with van der Waals surface area (Å²) in [5, 5.41) is 3.36. The van der Waals surface area contributed by atoms with Gasteiger partial charge in [-0.3, -0.25) is 14.2 Å². The molecule has 3 rings (SSSR count). The molecule has 0 radical (unpaired) electrons. The van der Waals surface area contributed by atoms with Crippen LogP contribution in [0, 0.1) is 0 Å². The highest BCUT2D eigenvalue weighted by Gasteiger charge is 2.09. The first-order chi connectivity index (χ1) is 12.7. The smallest absolute Gasteiger partial charge is 0.261 e. The van der Waals surface area contributed by atoms with E-state index in [9.17, 15) is 9.59 Å². The highest BCUT2D eigenvalue weighted by Crippen LogP contribution is 2.10. The molecule has 26 heavy (non-hydrogen) atoms. The van der Waals surface area contributed by atoms with Gasteiger partial charge in [-0.15, -0.1) is 0 Å². The standard InChI is InChI=1S/C20H21N3O3/c1-2-26-13-16-8-4-3-7-15(16)11-21-19(24)12-23-14-22-18-10-6-5-9-17(18)20(23)25/h3-10,14H,2,11-13H2,1H3,(H,21,24). The average molecular weight is 351 g/mol. The fourth-order valence-electron chi connectivity index (χ4n) is 2.71. The zero-order chi connectivity index (χ0) is 18.4. The van der Waals surface area contributed by atoms with Crippen LogP contribution in [0.25, 0.3) is 10.9 Å². The summed E-state index contributed by atoms with van der Waals surface area (Å²) in [7, 11) is 0. The predicted octanol–water partition coefficient (Wildman–Crippen LogP) is 2.25. The van der Waals surface area contributed by atoms with E-state index in [1.807, 2.05) is 37.3 Å². The van der Waals surface area contributed by atoms with Crippen LogP contribution in [0.4, 0.5) is 0 Å². The first kappa shape index (κ1) is 17.8. The van der Waals surface area contributed by atoms with Crippen molar-refractivity contribution >= 4 is 16.8 Å². The molecular formula is C20H21N3O3. The number of nitrogens with one attached hydrogen (secondary N) is 1. The number of rotatable bonds is 7. The number of hydrogen-bond donors (Lipinski definition) is 1.